The van der Waals surface area contributed by atoms with Gasteiger partial charge in [-0.15, -0.1) is 0 Å². The number of nitrogens with two attached hydrogens (primary N) is 1. The van der Waals surface area contributed by atoms with E-state index in [-0.39, 0.29) is 19.1 Å². The molecule has 0 fully saturated rings. The van der Waals surface area contributed by atoms with Crippen molar-refractivity contribution in [1.82, 2.24) is 15.1 Å². The number of amides is 2. The highest BCUT2D eigenvalue weighted by molar-refractivity contribution is 6.31. The molecule has 0 spiro atoms. The van der Waals surface area contributed by atoms with Crippen LogP contribution in [0.2, 0.25) is 5.02 Å². The Hall–Kier alpha value is -3.16. The zero-order chi connectivity index (χ0) is 21.5. The Morgan fingerprint density at radius 3 is 2.53 bits per heavy atom. The van der Waals surface area contributed by atoms with Crippen LogP contribution in [0.3, 0.4) is 0 Å². The number of carbonyl (C=O) groups is 2. The zero-order valence-electron chi connectivity index (χ0n) is 16.5. The number of carbonyl (C=O) groups excluding carboxylic acids is 2. The fourth-order valence-corrected chi connectivity index (χ4v) is 3.36. The SMILES string of the molecule is COCc1c(C(=O)NCC(Cc2ccccc2Cl)C(N)=O)cnn1-c1ccccc1. The molecule has 2 aromatic carbocycles. The molecular weight excluding hydrogens is 404 g/mol. The lowest BCUT2D eigenvalue weighted by atomic mass is 9.98. The molecule has 1 unspecified atom stereocenters. The lowest BCUT2D eigenvalue weighted by molar-refractivity contribution is -0.121. The quantitative estimate of drug-likeness (QED) is 0.549. The average molecular weight is 427 g/mol. The van der Waals surface area contributed by atoms with E-state index in [0.717, 1.165) is 11.3 Å². The second kappa shape index (κ2) is 10.0. The molecule has 3 rings (SSSR count). The molecule has 0 aliphatic carbocycles. The molecule has 156 valence electrons. The van der Waals surface area contributed by atoms with Gasteiger partial charge in [0, 0.05) is 18.7 Å². The van der Waals surface area contributed by atoms with E-state index in [4.69, 9.17) is 22.1 Å². The minimum absolute atomic E-state index is 0.0856. The molecule has 1 aromatic heterocycles. The van der Waals surface area contributed by atoms with E-state index in [1.54, 1.807) is 17.9 Å². The van der Waals surface area contributed by atoms with E-state index in [1.807, 2.05) is 48.5 Å². The lowest BCUT2D eigenvalue weighted by Crippen LogP contribution is -2.37. The first kappa shape index (κ1) is 21.5. The van der Waals surface area contributed by atoms with Crippen LogP contribution in [0.5, 0.6) is 0 Å². The highest BCUT2D eigenvalue weighted by Gasteiger charge is 2.22. The molecule has 0 aliphatic heterocycles. The van der Waals surface area contributed by atoms with Crippen molar-refractivity contribution in [2.24, 2.45) is 11.7 Å². The topological polar surface area (TPSA) is 99.2 Å². The van der Waals surface area contributed by atoms with Gasteiger partial charge in [-0.25, -0.2) is 4.68 Å². The Morgan fingerprint density at radius 1 is 1.17 bits per heavy atom. The molecular formula is C22H23ClN4O3. The molecule has 7 nitrogen and oxygen atoms in total. The van der Waals surface area contributed by atoms with Gasteiger partial charge in [0.05, 0.1) is 35.7 Å². The first-order valence-corrected chi connectivity index (χ1v) is 9.81. The molecule has 8 heteroatoms. The molecule has 3 aromatic rings. The van der Waals surface area contributed by atoms with Gasteiger partial charge >= 0.3 is 0 Å². The van der Waals surface area contributed by atoms with Gasteiger partial charge < -0.3 is 15.8 Å². The molecule has 1 atom stereocenters. The van der Waals surface area contributed by atoms with Gasteiger partial charge in [0.25, 0.3) is 5.91 Å². The third-order valence-corrected chi connectivity index (χ3v) is 5.10. The van der Waals surface area contributed by atoms with Crippen molar-refractivity contribution in [2.75, 3.05) is 13.7 Å². The fourth-order valence-electron chi connectivity index (χ4n) is 3.14. The average Bonchev–Trinajstić information content (AvgIpc) is 3.16. The Kier molecular flexibility index (Phi) is 7.21. The summed E-state index contributed by atoms with van der Waals surface area (Å²) in [5.74, 6) is -1.45. The van der Waals surface area contributed by atoms with Gasteiger partial charge in [-0.1, -0.05) is 48.0 Å². The fraction of sp³-hybridized carbons (Fsp3) is 0.227. The largest absolute Gasteiger partial charge is 0.378 e. The monoisotopic (exact) mass is 426 g/mol. The smallest absolute Gasteiger partial charge is 0.254 e. The lowest BCUT2D eigenvalue weighted by Gasteiger charge is -2.15. The number of aromatic nitrogens is 2. The molecule has 0 radical (unpaired) electrons. The van der Waals surface area contributed by atoms with E-state index in [1.165, 1.54) is 6.20 Å². The molecule has 0 saturated carbocycles. The Morgan fingerprint density at radius 2 is 1.87 bits per heavy atom. The number of halogens is 1. The third kappa shape index (κ3) is 5.06. The van der Waals surface area contributed by atoms with E-state index < -0.39 is 11.8 Å². The number of para-hydroxylation sites is 1. The maximum absolute atomic E-state index is 12.8. The van der Waals surface area contributed by atoms with Gasteiger partial charge in [-0.05, 0) is 30.2 Å². The molecule has 2 amide bonds. The summed E-state index contributed by atoms with van der Waals surface area (Å²) in [6.07, 6.45) is 1.83. The highest BCUT2D eigenvalue weighted by Crippen LogP contribution is 2.19. The summed E-state index contributed by atoms with van der Waals surface area (Å²) in [5, 5.41) is 7.68. The van der Waals surface area contributed by atoms with Gasteiger partial charge in [0.1, 0.15) is 0 Å². The van der Waals surface area contributed by atoms with E-state index in [0.29, 0.717) is 22.7 Å². The number of hydrogen-bond acceptors (Lipinski definition) is 4. The summed E-state index contributed by atoms with van der Waals surface area (Å²) >= 11 is 6.18. The molecule has 3 N–H and O–H groups in total. The number of hydrogen-bond donors (Lipinski definition) is 2. The second-order valence-electron chi connectivity index (χ2n) is 6.79. The minimum Gasteiger partial charge on any atom is -0.378 e. The van der Waals surface area contributed by atoms with Crippen molar-refractivity contribution in [1.29, 1.82) is 0 Å². The minimum atomic E-state index is -0.594. The summed E-state index contributed by atoms with van der Waals surface area (Å²) in [6, 6.07) is 16.7. The van der Waals surface area contributed by atoms with Crippen molar-refractivity contribution in [2.45, 2.75) is 13.0 Å². The summed E-state index contributed by atoms with van der Waals surface area (Å²) in [5.41, 5.74) is 8.15. The second-order valence-corrected chi connectivity index (χ2v) is 7.20. The normalized spacial score (nSPS) is 11.8. The first-order valence-electron chi connectivity index (χ1n) is 9.43. The summed E-state index contributed by atoms with van der Waals surface area (Å²) < 4.78 is 6.93. The number of nitrogens with one attached hydrogen (secondary N) is 1. The number of rotatable bonds is 9. The summed E-state index contributed by atoms with van der Waals surface area (Å²) in [6.45, 7) is 0.291. The maximum atomic E-state index is 12.8. The maximum Gasteiger partial charge on any atom is 0.254 e. The highest BCUT2D eigenvalue weighted by atomic mass is 35.5. The number of ether oxygens (including phenoxy) is 1. The van der Waals surface area contributed by atoms with Crippen LogP contribution in [0.1, 0.15) is 21.6 Å². The Balaban J connectivity index is 1.75. The summed E-state index contributed by atoms with van der Waals surface area (Å²) in [4.78, 5) is 24.7. The summed E-state index contributed by atoms with van der Waals surface area (Å²) in [7, 11) is 1.55. The van der Waals surface area contributed by atoms with Crippen molar-refractivity contribution >= 4 is 23.4 Å². The molecule has 0 saturated heterocycles. The Labute approximate surface area is 179 Å². The number of nitrogens with zero attached hydrogens (tertiary/aromatic N) is 2. The van der Waals surface area contributed by atoms with Crippen molar-refractivity contribution in [3.05, 3.63) is 82.6 Å². The zero-order valence-corrected chi connectivity index (χ0v) is 17.3. The predicted octanol–water partition coefficient (Wildman–Crippen LogP) is 2.75. The van der Waals surface area contributed by atoms with Crippen LogP contribution < -0.4 is 11.1 Å². The molecule has 0 aliphatic rings. The predicted molar refractivity (Wildman–Crippen MR) is 114 cm³/mol. The van der Waals surface area contributed by atoms with Crippen molar-refractivity contribution in [3.8, 4) is 5.69 Å². The van der Waals surface area contributed by atoms with Crippen LogP contribution in [-0.4, -0.2) is 35.2 Å². The Bertz CT molecular complexity index is 1020. The van der Waals surface area contributed by atoms with Crippen LogP contribution in [0, 0.1) is 5.92 Å². The van der Waals surface area contributed by atoms with E-state index >= 15 is 0 Å². The van der Waals surface area contributed by atoms with Gasteiger partial charge in [0.2, 0.25) is 5.91 Å². The van der Waals surface area contributed by atoms with Crippen LogP contribution in [0.25, 0.3) is 5.69 Å². The van der Waals surface area contributed by atoms with Crippen molar-refractivity contribution < 1.29 is 14.3 Å². The van der Waals surface area contributed by atoms with E-state index in [2.05, 4.69) is 10.4 Å². The molecule has 0 bridgehead atoms. The molecule has 30 heavy (non-hydrogen) atoms. The number of benzene rings is 2. The van der Waals surface area contributed by atoms with Gasteiger partial charge in [-0.3, -0.25) is 9.59 Å². The van der Waals surface area contributed by atoms with Crippen LogP contribution >= 0.6 is 11.6 Å². The van der Waals surface area contributed by atoms with Gasteiger partial charge in [-0.2, -0.15) is 5.10 Å². The van der Waals surface area contributed by atoms with E-state index in [9.17, 15) is 9.59 Å². The molecule has 1 heterocycles. The van der Waals surface area contributed by atoms with Crippen molar-refractivity contribution in [3.63, 3.8) is 0 Å². The number of methoxy groups -OCH3 is 1. The van der Waals surface area contributed by atoms with Crippen LogP contribution in [-0.2, 0) is 22.6 Å². The van der Waals surface area contributed by atoms with Gasteiger partial charge in [0.15, 0.2) is 0 Å². The van der Waals surface area contributed by atoms with Crippen LogP contribution in [0.4, 0.5) is 0 Å². The third-order valence-electron chi connectivity index (χ3n) is 4.73. The first-order chi connectivity index (χ1) is 14.5. The van der Waals surface area contributed by atoms with Crippen LogP contribution in [0.15, 0.2) is 60.8 Å². The number of primary amides is 1. The standard InChI is InChI=1S/C22H23ClN4O3/c1-30-14-20-18(13-26-27(20)17-8-3-2-4-9-17)22(29)25-12-16(21(24)28)11-15-7-5-6-10-19(15)23/h2-10,13,16H,11-12,14H2,1H3,(H2,24,28)(H,25,29).